The molecule has 1 aliphatic rings. The molecule has 1 amide bonds. The molecule has 0 aliphatic carbocycles. The van der Waals surface area contributed by atoms with Gasteiger partial charge in [0.1, 0.15) is 5.75 Å². The molecule has 13 nitrogen and oxygen atoms in total. The Morgan fingerprint density at radius 3 is 2.55 bits per heavy atom. The number of aryl methyl sites for hydroxylation is 1. The zero-order valence-corrected chi connectivity index (χ0v) is 26.7. The van der Waals surface area contributed by atoms with Crippen LogP contribution < -0.4 is 9.46 Å². The second kappa shape index (κ2) is 14.2. The lowest BCUT2D eigenvalue weighted by Crippen LogP contribution is -2.47. The number of ether oxygens (including phenoxy) is 2. The number of aliphatic hydroxyl groups is 1. The van der Waals surface area contributed by atoms with Crippen molar-refractivity contribution in [2.45, 2.75) is 63.3 Å². The minimum Gasteiger partial charge on any atom is -0.490 e. The Labute approximate surface area is 248 Å². The molecule has 0 unspecified atom stereocenters. The smallest absolute Gasteiger partial charge is 0.280 e. The first kappa shape index (κ1) is 33.8. The molecule has 0 saturated carbocycles. The summed E-state index contributed by atoms with van der Waals surface area (Å²) in [6, 6.07) is 3.89. The summed E-state index contributed by atoms with van der Waals surface area (Å²) in [6.45, 7) is 5.79. The number of hydrogen-bond donors (Lipinski definition) is 2. The van der Waals surface area contributed by atoms with E-state index in [0.717, 1.165) is 19.1 Å². The van der Waals surface area contributed by atoms with Crippen molar-refractivity contribution in [3.63, 3.8) is 0 Å². The molecule has 0 saturated heterocycles. The predicted molar refractivity (Wildman–Crippen MR) is 158 cm³/mol. The number of anilines is 1. The van der Waals surface area contributed by atoms with E-state index in [4.69, 9.17) is 9.47 Å². The van der Waals surface area contributed by atoms with Gasteiger partial charge in [-0.3, -0.25) is 9.52 Å². The van der Waals surface area contributed by atoms with Crippen LogP contribution in [0.3, 0.4) is 0 Å². The van der Waals surface area contributed by atoms with Gasteiger partial charge in [-0.25, -0.2) is 17.7 Å². The van der Waals surface area contributed by atoms with Gasteiger partial charge < -0.3 is 24.0 Å². The van der Waals surface area contributed by atoms with Gasteiger partial charge in [0.25, 0.3) is 15.9 Å². The summed E-state index contributed by atoms with van der Waals surface area (Å²) in [5.74, 6) is -0.501. The van der Waals surface area contributed by atoms with E-state index < -0.39 is 38.1 Å². The average Bonchev–Trinajstić information content (AvgIpc) is 3.36. The van der Waals surface area contributed by atoms with Gasteiger partial charge in [0.15, 0.2) is 5.03 Å². The number of imidazole rings is 1. The highest BCUT2D eigenvalue weighted by Gasteiger charge is 2.31. The first-order valence-corrected chi connectivity index (χ1v) is 17.2. The number of rotatable bonds is 8. The quantitative estimate of drug-likeness (QED) is 0.445. The molecule has 236 valence electrons. The maximum absolute atomic E-state index is 14.1. The van der Waals surface area contributed by atoms with E-state index in [1.54, 1.807) is 20.0 Å². The van der Waals surface area contributed by atoms with E-state index in [0.29, 0.717) is 13.0 Å². The minimum absolute atomic E-state index is 0.102. The monoisotopic (exact) mass is 629 g/mol. The molecular weight excluding hydrogens is 586 g/mol. The summed E-state index contributed by atoms with van der Waals surface area (Å²) in [7, 11) is -4.35. The Morgan fingerprint density at radius 1 is 1.21 bits per heavy atom. The van der Waals surface area contributed by atoms with Crippen LogP contribution in [0.4, 0.5) is 5.69 Å². The molecule has 0 bridgehead atoms. The van der Waals surface area contributed by atoms with Crippen molar-refractivity contribution in [1.82, 2.24) is 18.8 Å². The van der Waals surface area contributed by atoms with Gasteiger partial charge >= 0.3 is 0 Å². The molecule has 2 heterocycles. The molecule has 2 N–H and O–H groups in total. The summed E-state index contributed by atoms with van der Waals surface area (Å²) in [6.07, 6.45) is 5.27. The van der Waals surface area contributed by atoms with Crippen LogP contribution in [-0.4, -0.2) is 104 Å². The largest absolute Gasteiger partial charge is 0.490 e. The van der Waals surface area contributed by atoms with Crippen LogP contribution in [0.15, 0.2) is 35.7 Å². The number of likely N-dealkylation sites (N-methyl/N-ethyl adjacent to an activating group) is 1. The molecule has 0 spiro atoms. The first-order chi connectivity index (χ1) is 19.6. The maximum atomic E-state index is 14.1. The van der Waals surface area contributed by atoms with E-state index in [1.807, 2.05) is 13.8 Å². The summed E-state index contributed by atoms with van der Waals surface area (Å²) >= 11 is 0. The number of fused-ring (bicyclic) bond motifs is 1. The fraction of sp³-hybridized carbons (Fsp3) is 0.630. The fourth-order valence-corrected chi connectivity index (χ4v) is 6.02. The lowest BCUT2D eigenvalue weighted by Gasteiger charge is -2.35. The van der Waals surface area contributed by atoms with Crippen molar-refractivity contribution in [1.29, 1.82) is 0 Å². The molecule has 1 aliphatic heterocycles. The van der Waals surface area contributed by atoms with Crippen LogP contribution >= 0.6 is 0 Å². The van der Waals surface area contributed by atoms with E-state index in [1.165, 1.54) is 45.5 Å². The third-order valence-corrected chi connectivity index (χ3v) is 9.81. The normalized spacial score (nSPS) is 22.2. The number of aromatic nitrogens is 2. The molecule has 0 fully saturated rings. The van der Waals surface area contributed by atoms with Crippen molar-refractivity contribution in [3.05, 3.63) is 36.3 Å². The Kier molecular flexibility index (Phi) is 11.4. The number of carbonyl (C=O) groups excluding carboxylic acids is 1. The number of nitrogens with zero attached hydrogens (tertiary/aromatic N) is 4. The second-order valence-corrected chi connectivity index (χ2v) is 14.8. The number of benzene rings is 1. The Morgan fingerprint density at radius 2 is 1.93 bits per heavy atom. The maximum Gasteiger partial charge on any atom is 0.280 e. The van der Waals surface area contributed by atoms with Crippen LogP contribution in [-0.2, 0) is 31.8 Å². The average molecular weight is 630 g/mol. The predicted octanol–water partition coefficient (Wildman–Crippen LogP) is 1.91. The third kappa shape index (κ3) is 8.89. The number of aliphatic hydroxyl groups excluding tert-OH is 1. The summed E-state index contributed by atoms with van der Waals surface area (Å²) in [5.41, 5.74) is 0.268. The van der Waals surface area contributed by atoms with Gasteiger partial charge in [-0.05, 0) is 51.3 Å². The summed E-state index contributed by atoms with van der Waals surface area (Å²) in [5, 5.41) is 9.89. The third-order valence-electron chi connectivity index (χ3n) is 7.26. The van der Waals surface area contributed by atoms with E-state index in [-0.39, 0.29) is 53.7 Å². The van der Waals surface area contributed by atoms with Crippen molar-refractivity contribution in [3.8, 4) is 5.75 Å². The molecule has 42 heavy (non-hydrogen) atoms. The fourth-order valence-electron chi connectivity index (χ4n) is 4.57. The Hall–Kier alpha value is -2.72. The van der Waals surface area contributed by atoms with Gasteiger partial charge in [-0.1, -0.05) is 6.92 Å². The summed E-state index contributed by atoms with van der Waals surface area (Å²) in [4.78, 5) is 19.5. The Balaban J connectivity index is 2.02. The van der Waals surface area contributed by atoms with Gasteiger partial charge in [0.2, 0.25) is 10.0 Å². The molecule has 1 aromatic carbocycles. The standard InChI is InChI=1S/C27H43N5O8S2/c1-19-14-32(20(2)17-33)27(34)23-13-22(29-42(37,38)26-16-30(4)18-28-26)10-11-24(23)40-21(3)9-7-8-12-39-25(19)15-31(5)41(6,35)36/h10-11,13,16,18-21,25,29,33H,7-9,12,14-15,17H2,1-6H3/t19-,20+,21-,25+/m1/s1. The molecule has 0 radical (unpaired) electrons. The van der Waals surface area contributed by atoms with Crippen LogP contribution in [0.2, 0.25) is 0 Å². The summed E-state index contributed by atoms with van der Waals surface area (Å²) < 4.78 is 67.7. The van der Waals surface area contributed by atoms with Crippen LogP contribution in [0.25, 0.3) is 0 Å². The molecular formula is C27H43N5O8S2. The Bertz CT molecular complexity index is 1430. The van der Waals surface area contributed by atoms with Crippen molar-refractivity contribution < 1.29 is 36.2 Å². The van der Waals surface area contributed by atoms with Crippen molar-refractivity contribution in [2.75, 3.05) is 44.3 Å². The number of nitrogens with one attached hydrogen (secondary N) is 1. The highest BCUT2D eigenvalue weighted by atomic mass is 32.2. The SMILES string of the molecule is C[C@@H]1CCCCO[C@@H](CN(C)S(C)(=O)=O)[C@H](C)CN([C@@H](C)CO)C(=O)c2cc(NS(=O)(=O)c3cn(C)cn3)ccc2O1. The topological polar surface area (TPSA) is 160 Å². The van der Waals surface area contributed by atoms with Crippen LogP contribution in [0.1, 0.15) is 50.4 Å². The van der Waals surface area contributed by atoms with Gasteiger partial charge in [0.05, 0.1) is 43.0 Å². The van der Waals surface area contributed by atoms with Crippen molar-refractivity contribution in [2.24, 2.45) is 13.0 Å². The van der Waals surface area contributed by atoms with Crippen LogP contribution in [0, 0.1) is 5.92 Å². The highest BCUT2D eigenvalue weighted by molar-refractivity contribution is 7.92. The van der Waals surface area contributed by atoms with E-state index >= 15 is 0 Å². The lowest BCUT2D eigenvalue weighted by atomic mass is 10.0. The van der Waals surface area contributed by atoms with E-state index in [2.05, 4.69) is 9.71 Å². The number of hydrogen-bond acceptors (Lipinski definition) is 9. The minimum atomic E-state index is -4.03. The second-order valence-electron chi connectivity index (χ2n) is 11.0. The van der Waals surface area contributed by atoms with Gasteiger partial charge in [0, 0.05) is 51.6 Å². The molecule has 3 rings (SSSR count). The number of sulfonamides is 2. The molecule has 2 aromatic rings. The van der Waals surface area contributed by atoms with Gasteiger partial charge in [-0.2, -0.15) is 8.42 Å². The van der Waals surface area contributed by atoms with Crippen LogP contribution in [0.5, 0.6) is 5.75 Å². The molecule has 1 aromatic heterocycles. The first-order valence-electron chi connectivity index (χ1n) is 13.9. The zero-order chi connectivity index (χ0) is 31.2. The molecule has 4 atom stereocenters. The number of carbonyl (C=O) groups is 1. The molecule has 15 heteroatoms. The highest BCUT2D eigenvalue weighted by Crippen LogP contribution is 2.29. The van der Waals surface area contributed by atoms with E-state index in [9.17, 15) is 26.7 Å². The van der Waals surface area contributed by atoms with Crippen molar-refractivity contribution >= 4 is 31.6 Å². The lowest BCUT2D eigenvalue weighted by molar-refractivity contribution is -0.00828. The zero-order valence-electron chi connectivity index (χ0n) is 25.1. The van der Waals surface area contributed by atoms with Gasteiger partial charge in [-0.15, -0.1) is 0 Å². The number of amides is 1.